The van der Waals surface area contributed by atoms with E-state index in [1.165, 1.54) is 33.7 Å². The van der Waals surface area contributed by atoms with Crippen LogP contribution in [0.5, 0.6) is 17.2 Å². The van der Waals surface area contributed by atoms with E-state index in [-0.39, 0.29) is 11.1 Å². The Morgan fingerprint density at radius 2 is 1.17 bits per heavy atom. The first kappa shape index (κ1) is 19.7. The third kappa shape index (κ3) is 3.70. The molecule has 152 valence electrons. The van der Waals surface area contributed by atoms with Crippen LogP contribution in [-0.4, -0.2) is 41.3 Å². The van der Waals surface area contributed by atoms with Gasteiger partial charge in [-0.1, -0.05) is 0 Å². The molecule has 11 heteroatoms. The molecule has 0 atom stereocenters. The van der Waals surface area contributed by atoms with Gasteiger partial charge in [-0.25, -0.2) is 9.59 Å². The van der Waals surface area contributed by atoms with Crippen molar-refractivity contribution in [2.75, 3.05) is 21.3 Å². The molecule has 0 fully saturated rings. The van der Waals surface area contributed by atoms with Gasteiger partial charge in [0.1, 0.15) is 0 Å². The average Bonchev–Trinajstić information content (AvgIpc) is 2.70. The molecule has 3 aromatic rings. The number of aromatic amines is 4. The van der Waals surface area contributed by atoms with E-state index in [0.29, 0.717) is 22.8 Å². The Kier molecular flexibility index (Phi) is 5.39. The summed E-state index contributed by atoms with van der Waals surface area (Å²) in [6, 6.07) is 3.14. The molecule has 1 aromatic carbocycles. The number of methoxy groups -OCH3 is 3. The minimum Gasteiger partial charge on any atom is -0.493 e. The first-order chi connectivity index (χ1) is 13.9. The first-order valence-electron chi connectivity index (χ1n) is 8.33. The summed E-state index contributed by atoms with van der Waals surface area (Å²) in [5.41, 5.74) is -2.23. The van der Waals surface area contributed by atoms with Gasteiger partial charge in [-0.15, -0.1) is 0 Å². The van der Waals surface area contributed by atoms with Gasteiger partial charge in [-0.2, -0.15) is 0 Å². The van der Waals surface area contributed by atoms with Crippen LogP contribution in [0.15, 0.2) is 43.7 Å². The van der Waals surface area contributed by atoms with Gasteiger partial charge in [-0.3, -0.25) is 19.6 Å². The zero-order valence-corrected chi connectivity index (χ0v) is 15.7. The third-order valence-corrected chi connectivity index (χ3v) is 4.34. The predicted molar refractivity (Wildman–Crippen MR) is 102 cm³/mol. The fourth-order valence-corrected chi connectivity index (χ4v) is 3.06. The van der Waals surface area contributed by atoms with Crippen LogP contribution in [-0.2, 0) is 0 Å². The van der Waals surface area contributed by atoms with Gasteiger partial charge in [-0.05, 0) is 17.7 Å². The molecule has 11 nitrogen and oxygen atoms in total. The molecule has 0 bridgehead atoms. The fourth-order valence-electron chi connectivity index (χ4n) is 3.06. The lowest BCUT2D eigenvalue weighted by Crippen LogP contribution is -2.31. The summed E-state index contributed by atoms with van der Waals surface area (Å²) in [5.74, 6) is -0.0460. The molecule has 0 aliphatic rings. The van der Waals surface area contributed by atoms with Crippen LogP contribution in [0.3, 0.4) is 0 Å². The van der Waals surface area contributed by atoms with Crippen LogP contribution in [0.1, 0.15) is 22.6 Å². The van der Waals surface area contributed by atoms with Gasteiger partial charge < -0.3 is 24.2 Å². The molecular weight excluding hydrogens is 384 g/mol. The van der Waals surface area contributed by atoms with Crippen molar-refractivity contribution in [2.24, 2.45) is 0 Å². The molecule has 0 spiro atoms. The van der Waals surface area contributed by atoms with Gasteiger partial charge in [0.15, 0.2) is 11.5 Å². The third-order valence-electron chi connectivity index (χ3n) is 4.34. The number of hydrogen-bond donors (Lipinski definition) is 4. The highest BCUT2D eigenvalue weighted by Gasteiger charge is 2.26. The summed E-state index contributed by atoms with van der Waals surface area (Å²) >= 11 is 0. The van der Waals surface area contributed by atoms with Crippen LogP contribution >= 0.6 is 0 Å². The minimum atomic E-state index is -0.968. The molecule has 29 heavy (non-hydrogen) atoms. The molecule has 0 unspecified atom stereocenters. The van der Waals surface area contributed by atoms with E-state index < -0.39 is 28.4 Å². The van der Waals surface area contributed by atoms with E-state index in [9.17, 15) is 19.2 Å². The molecule has 0 aliphatic carbocycles. The number of benzene rings is 1. The lowest BCUT2D eigenvalue weighted by Gasteiger charge is -2.20. The average molecular weight is 402 g/mol. The second-order valence-corrected chi connectivity index (χ2v) is 5.95. The van der Waals surface area contributed by atoms with Crippen molar-refractivity contribution >= 4 is 0 Å². The number of H-pyrrole nitrogens is 4. The van der Waals surface area contributed by atoms with Gasteiger partial charge >= 0.3 is 11.4 Å². The normalized spacial score (nSPS) is 10.8. The Hall–Kier alpha value is -4.02. The Morgan fingerprint density at radius 3 is 1.52 bits per heavy atom. The molecule has 0 amide bonds. The second-order valence-electron chi connectivity index (χ2n) is 5.95. The Morgan fingerprint density at radius 1 is 0.724 bits per heavy atom. The van der Waals surface area contributed by atoms with Gasteiger partial charge in [0.2, 0.25) is 5.75 Å². The monoisotopic (exact) mass is 402 g/mol. The largest absolute Gasteiger partial charge is 0.493 e. The summed E-state index contributed by atoms with van der Waals surface area (Å²) < 4.78 is 16.0. The van der Waals surface area contributed by atoms with Gasteiger partial charge in [0, 0.05) is 29.4 Å². The smallest absolute Gasteiger partial charge is 0.325 e. The van der Waals surface area contributed by atoms with Crippen molar-refractivity contribution in [2.45, 2.75) is 5.92 Å². The predicted octanol–water partition coefficient (Wildman–Crippen LogP) is -0.354. The van der Waals surface area contributed by atoms with Crippen molar-refractivity contribution in [3.63, 3.8) is 0 Å². The summed E-state index contributed by atoms with van der Waals surface area (Å²) in [4.78, 5) is 56.9. The number of nitrogens with one attached hydrogen (secondary N) is 4. The van der Waals surface area contributed by atoms with Crippen molar-refractivity contribution in [3.8, 4) is 17.2 Å². The van der Waals surface area contributed by atoms with Crippen molar-refractivity contribution in [1.29, 1.82) is 0 Å². The van der Waals surface area contributed by atoms with Gasteiger partial charge in [0.05, 0.1) is 21.3 Å². The highest BCUT2D eigenvalue weighted by atomic mass is 16.5. The van der Waals surface area contributed by atoms with Crippen LogP contribution < -0.4 is 36.7 Å². The minimum absolute atomic E-state index is 0.0661. The Balaban J connectivity index is 2.37. The van der Waals surface area contributed by atoms with Crippen LogP contribution in [0.25, 0.3) is 0 Å². The topological polar surface area (TPSA) is 159 Å². The van der Waals surface area contributed by atoms with Crippen LogP contribution in [0.4, 0.5) is 0 Å². The molecule has 2 aromatic heterocycles. The molecular formula is C18H18N4O7. The lowest BCUT2D eigenvalue weighted by atomic mass is 9.87. The Labute approximate surface area is 162 Å². The summed E-state index contributed by atoms with van der Waals surface area (Å²) in [7, 11) is 4.29. The molecule has 0 aliphatic heterocycles. The van der Waals surface area contributed by atoms with E-state index in [4.69, 9.17) is 14.2 Å². The highest BCUT2D eigenvalue weighted by Crippen LogP contribution is 2.41. The fraction of sp³-hybridized carbons (Fsp3) is 0.222. The van der Waals surface area contributed by atoms with E-state index in [0.717, 1.165) is 0 Å². The number of ether oxygens (including phenoxy) is 3. The lowest BCUT2D eigenvalue weighted by molar-refractivity contribution is 0.323. The highest BCUT2D eigenvalue weighted by molar-refractivity contribution is 5.57. The number of hydrogen-bond acceptors (Lipinski definition) is 7. The van der Waals surface area contributed by atoms with Crippen molar-refractivity contribution in [1.82, 2.24) is 19.9 Å². The van der Waals surface area contributed by atoms with E-state index in [2.05, 4.69) is 19.9 Å². The van der Waals surface area contributed by atoms with Crippen molar-refractivity contribution < 1.29 is 14.2 Å². The summed E-state index contributed by atoms with van der Waals surface area (Å²) in [6.07, 6.45) is 2.42. The van der Waals surface area contributed by atoms with Crippen LogP contribution in [0, 0.1) is 0 Å². The van der Waals surface area contributed by atoms with E-state index in [1.54, 1.807) is 12.1 Å². The molecule has 3 rings (SSSR count). The molecule has 0 saturated carbocycles. The number of rotatable bonds is 6. The number of aromatic nitrogens is 4. The van der Waals surface area contributed by atoms with E-state index >= 15 is 0 Å². The maximum absolute atomic E-state index is 12.5. The SMILES string of the molecule is COc1cc(C(c2c[nH]c(=O)[nH]c2=O)c2c[nH]c(=O)[nH]c2=O)cc(OC)c1OC. The molecule has 0 radical (unpaired) electrons. The zero-order valence-electron chi connectivity index (χ0n) is 15.7. The van der Waals surface area contributed by atoms with E-state index in [1.807, 2.05) is 0 Å². The summed E-state index contributed by atoms with van der Waals surface area (Å²) in [5, 5.41) is 0. The standard InChI is InChI=1S/C18H18N4O7/c1-27-11-4-8(5-12(28-2)14(11)29-3)13(9-6-19-17(25)21-15(9)23)10-7-20-18(26)22-16(10)24/h4-7,13H,1-3H3,(H2,19,21,23,25)(H2,20,22,24,26). The first-order valence-corrected chi connectivity index (χ1v) is 8.33. The van der Waals surface area contributed by atoms with Crippen LogP contribution in [0.2, 0.25) is 0 Å². The molecule has 0 saturated heterocycles. The quantitative estimate of drug-likeness (QED) is 0.438. The van der Waals surface area contributed by atoms with Gasteiger partial charge in [0.25, 0.3) is 11.1 Å². The molecule has 2 heterocycles. The Bertz CT molecular complexity index is 1180. The second kappa shape index (κ2) is 7.92. The van der Waals surface area contributed by atoms with Crippen molar-refractivity contribution in [3.05, 3.63) is 82.9 Å². The zero-order chi connectivity index (χ0) is 21.1. The maximum atomic E-state index is 12.5. The maximum Gasteiger partial charge on any atom is 0.325 e. The summed E-state index contributed by atoms with van der Waals surface area (Å²) in [6.45, 7) is 0. The molecule has 4 N–H and O–H groups in total.